The molecule has 0 bridgehead atoms. The van der Waals surface area contributed by atoms with E-state index in [9.17, 15) is 0 Å². The number of likely N-dealkylation sites (N-methyl/N-ethyl adjacent to an activating group) is 1. The number of piperidine rings is 1. The molecule has 2 atom stereocenters. The molecule has 0 aromatic heterocycles. The molecule has 1 heterocycles. The summed E-state index contributed by atoms with van der Waals surface area (Å²) in [5.74, 6) is 0. The van der Waals surface area contributed by atoms with E-state index in [-0.39, 0.29) is 0 Å². The number of nitrogens with one attached hydrogen (secondary N) is 1. The maximum atomic E-state index is 3.84. The van der Waals surface area contributed by atoms with Gasteiger partial charge in [-0.2, -0.15) is 0 Å². The first kappa shape index (κ1) is 13.6. The van der Waals surface area contributed by atoms with Crippen LogP contribution in [-0.2, 0) is 0 Å². The van der Waals surface area contributed by atoms with Crippen LogP contribution in [0.15, 0.2) is 30.3 Å². The Labute approximate surface area is 111 Å². The monoisotopic (exact) mass is 246 g/mol. The lowest BCUT2D eigenvalue weighted by atomic mass is 10.00. The van der Waals surface area contributed by atoms with Gasteiger partial charge in [0.25, 0.3) is 0 Å². The van der Waals surface area contributed by atoms with Crippen molar-refractivity contribution in [1.29, 1.82) is 0 Å². The van der Waals surface area contributed by atoms with Crippen molar-refractivity contribution < 1.29 is 0 Å². The molecule has 0 spiro atoms. The van der Waals surface area contributed by atoms with Gasteiger partial charge >= 0.3 is 0 Å². The molecule has 1 aromatic rings. The number of hydrogen-bond acceptors (Lipinski definition) is 2. The fraction of sp³-hybridized carbons (Fsp3) is 0.625. The first-order valence-corrected chi connectivity index (χ1v) is 7.36. The summed E-state index contributed by atoms with van der Waals surface area (Å²) in [6, 6.07) is 12.0. The van der Waals surface area contributed by atoms with Crippen molar-refractivity contribution >= 4 is 0 Å². The first-order chi connectivity index (χ1) is 8.83. The Morgan fingerprint density at radius 2 is 2.06 bits per heavy atom. The Morgan fingerprint density at radius 1 is 1.28 bits per heavy atom. The zero-order valence-corrected chi connectivity index (χ0v) is 11.7. The molecule has 0 radical (unpaired) electrons. The normalized spacial score (nSPS) is 22.9. The van der Waals surface area contributed by atoms with Crippen molar-refractivity contribution in [3.63, 3.8) is 0 Å². The minimum Gasteiger partial charge on any atom is -0.306 e. The zero-order valence-electron chi connectivity index (χ0n) is 11.7. The number of rotatable bonds is 5. The fourth-order valence-electron chi connectivity index (χ4n) is 2.90. The van der Waals surface area contributed by atoms with E-state index < -0.39 is 0 Å². The van der Waals surface area contributed by atoms with Crippen LogP contribution < -0.4 is 5.32 Å². The van der Waals surface area contributed by atoms with Gasteiger partial charge in [-0.25, -0.2) is 0 Å². The lowest BCUT2D eigenvalue weighted by Crippen LogP contribution is -2.46. The van der Waals surface area contributed by atoms with Gasteiger partial charge in [0.1, 0.15) is 0 Å². The van der Waals surface area contributed by atoms with Crippen molar-refractivity contribution in [2.24, 2.45) is 0 Å². The molecule has 18 heavy (non-hydrogen) atoms. The average molecular weight is 246 g/mol. The molecule has 1 aromatic carbocycles. The molecule has 2 rings (SSSR count). The van der Waals surface area contributed by atoms with Crippen molar-refractivity contribution in [3.8, 4) is 0 Å². The predicted octanol–water partition coefficient (Wildman–Crippen LogP) is 3.21. The molecule has 0 aliphatic carbocycles. The summed E-state index contributed by atoms with van der Waals surface area (Å²) < 4.78 is 0. The van der Waals surface area contributed by atoms with E-state index in [4.69, 9.17) is 0 Å². The molecular formula is C16H26N2. The molecule has 0 saturated carbocycles. The first-order valence-electron chi connectivity index (χ1n) is 7.36. The van der Waals surface area contributed by atoms with Gasteiger partial charge in [-0.3, -0.25) is 0 Å². The van der Waals surface area contributed by atoms with Crippen LogP contribution in [0.25, 0.3) is 0 Å². The third kappa shape index (κ3) is 3.56. The Hall–Kier alpha value is -0.860. The van der Waals surface area contributed by atoms with Crippen molar-refractivity contribution in [3.05, 3.63) is 35.9 Å². The summed E-state index contributed by atoms with van der Waals surface area (Å²) in [4.78, 5) is 2.55. The largest absolute Gasteiger partial charge is 0.306 e. The second-order valence-electron chi connectivity index (χ2n) is 5.27. The van der Waals surface area contributed by atoms with Crippen LogP contribution >= 0.6 is 0 Å². The smallest absolute Gasteiger partial charge is 0.0320 e. The van der Waals surface area contributed by atoms with Crippen LogP contribution in [0, 0.1) is 0 Å². The Balaban J connectivity index is 1.94. The molecule has 0 amide bonds. The number of benzene rings is 1. The third-order valence-corrected chi connectivity index (χ3v) is 4.00. The Kier molecular flexibility index (Phi) is 5.21. The highest BCUT2D eigenvalue weighted by Crippen LogP contribution is 2.19. The van der Waals surface area contributed by atoms with E-state index in [1.54, 1.807) is 0 Å². The van der Waals surface area contributed by atoms with Crippen LogP contribution in [0.2, 0.25) is 0 Å². The summed E-state index contributed by atoms with van der Waals surface area (Å²) in [7, 11) is 0. The second kappa shape index (κ2) is 6.91. The number of nitrogens with zero attached hydrogens (tertiary/aromatic N) is 1. The molecule has 2 heteroatoms. The van der Waals surface area contributed by atoms with E-state index in [2.05, 4.69) is 54.4 Å². The van der Waals surface area contributed by atoms with E-state index >= 15 is 0 Å². The molecule has 1 saturated heterocycles. The molecule has 2 nitrogen and oxygen atoms in total. The quantitative estimate of drug-likeness (QED) is 0.858. The van der Waals surface area contributed by atoms with Gasteiger partial charge < -0.3 is 10.2 Å². The molecule has 1 N–H and O–H groups in total. The molecule has 2 unspecified atom stereocenters. The van der Waals surface area contributed by atoms with Crippen molar-refractivity contribution in [1.82, 2.24) is 10.2 Å². The highest BCUT2D eigenvalue weighted by atomic mass is 15.2. The molecule has 1 fully saturated rings. The standard InChI is InChI=1S/C16H26N2/c1-3-16(14-9-6-5-7-10-14)17-15-11-8-12-18(4-2)13-15/h5-7,9-10,15-17H,3-4,8,11-13H2,1-2H3. The SMILES string of the molecule is CCC(NC1CCCN(CC)C1)c1ccccc1. The molecule has 100 valence electrons. The lowest BCUT2D eigenvalue weighted by Gasteiger charge is -2.34. The second-order valence-corrected chi connectivity index (χ2v) is 5.27. The number of hydrogen-bond donors (Lipinski definition) is 1. The fourth-order valence-corrected chi connectivity index (χ4v) is 2.90. The highest BCUT2D eigenvalue weighted by molar-refractivity contribution is 5.18. The summed E-state index contributed by atoms with van der Waals surface area (Å²) >= 11 is 0. The van der Waals surface area contributed by atoms with Gasteiger partial charge in [0.15, 0.2) is 0 Å². The van der Waals surface area contributed by atoms with E-state index in [1.807, 2.05) is 0 Å². The Bertz CT molecular complexity index is 336. The van der Waals surface area contributed by atoms with Crippen molar-refractivity contribution in [2.75, 3.05) is 19.6 Å². The van der Waals surface area contributed by atoms with Gasteiger partial charge in [-0.1, -0.05) is 44.2 Å². The van der Waals surface area contributed by atoms with Crippen LogP contribution in [0.5, 0.6) is 0 Å². The van der Waals surface area contributed by atoms with Gasteiger partial charge in [0, 0.05) is 18.6 Å². The Morgan fingerprint density at radius 3 is 2.72 bits per heavy atom. The molecular weight excluding hydrogens is 220 g/mol. The van der Waals surface area contributed by atoms with Gasteiger partial charge in [-0.15, -0.1) is 0 Å². The van der Waals surface area contributed by atoms with E-state index in [0.29, 0.717) is 12.1 Å². The lowest BCUT2D eigenvalue weighted by molar-refractivity contribution is 0.189. The molecule has 1 aliphatic heterocycles. The van der Waals surface area contributed by atoms with Crippen LogP contribution in [-0.4, -0.2) is 30.6 Å². The summed E-state index contributed by atoms with van der Waals surface area (Å²) in [5, 5.41) is 3.84. The minimum absolute atomic E-state index is 0.507. The van der Waals surface area contributed by atoms with Crippen LogP contribution in [0.1, 0.15) is 44.7 Å². The van der Waals surface area contributed by atoms with Crippen LogP contribution in [0.4, 0.5) is 0 Å². The molecule has 1 aliphatic rings. The van der Waals surface area contributed by atoms with E-state index in [1.165, 1.54) is 38.0 Å². The zero-order chi connectivity index (χ0) is 12.8. The van der Waals surface area contributed by atoms with Gasteiger partial charge in [0.05, 0.1) is 0 Å². The predicted molar refractivity (Wildman–Crippen MR) is 77.7 cm³/mol. The summed E-state index contributed by atoms with van der Waals surface area (Å²) in [6.07, 6.45) is 3.81. The maximum Gasteiger partial charge on any atom is 0.0320 e. The third-order valence-electron chi connectivity index (χ3n) is 4.00. The highest BCUT2D eigenvalue weighted by Gasteiger charge is 2.21. The van der Waals surface area contributed by atoms with E-state index in [0.717, 1.165) is 6.42 Å². The topological polar surface area (TPSA) is 15.3 Å². The maximum absolute atomic E-state index is 3.84. The average Bonchev–Trinajstić information content (AvgIpc) is 2.46. The summed E-state index contributed by atoms with van der Waals surface area (Å²) in [5.41, 5.74) is 1.42. The van der Waals surface area contributed by atoms with Crippen LogP contribution in [0.3, 0.4) is 0 Å². The van der Waals surface area contributed by atoms with Gasteiger partial charge in [0.2, 0.25) is 0 Å². The van der Waals surface area contributed by atoms with Crippen molar-refractivity contribution in [2.45, 2.75) is 45.2 Å². The summed E-state index contributed by atoms with van der Waals surface area (Å²) in [6.45, 7) is 8.19. The van der Waals surface area contributed by atoms with Gasteiger partial charge in [-0.05, 0) is 37.9 Å². The number of likely N-dealkylation sites (tertiary alicyclic amines) is 1. The minimum atomic E-state index is 0.507.